The van der Waals surface area contributed by atoms with Crippen molar-refractivity contribution in [2.24, 2.45) is 0 Å². The SMILES string of the molecule is COc1cccc(CC(=O)OCC(=O)c2cc(C)n(-c3nccs3)c2C)c1. The molecule has 6 nitrogen and oxygen atoms in total. The molecule has 0 radical (unpaired) electrons. The second-order valence-corrected chi connectivity index (χ2v) is 6.92. The smallest absolute Gasteiger partial charge is 0.310 e. The van der Waals surface area contributed by atoms with Crippen LogP contribution in [0.15, 0.2) is 41.9 Å². The summed E-state index contributed by atoms with van der Waals surface area (Å²) in [6.45, 7) is 3.49. The molecular formula is C20H20N2O4S. The lowest BCUT2D eigenvalue weighted by Gasteiger charge is -2.07. The number of esters is 1. The first kappa shape index (κ1) is 18.8. The monoisotopic (exact) mass is 384 g/mol. The van der Waals surface area contributed by atoms with Crippen molar-refractivity contribution in [3.63, 3.8) is 0 Å². The van der Waals surface area contributed by atoms with Gasteiger partial charge in [0, 0.05) is 28.5 Å². The van der Waals surface area contributed by atoms with Gasteiger partial charge in [-0.25, -0.2) is 4.98 Å². The molecule has 3 aromatic rings. The van der Waals surface area contributed by atoms with Gasteiger partial charge in [0.1, 0.15) is 5.75 Å². The normalized spacial score (nSPS) is 10.6. The number of Topliss-reactive ketones (excluding diaryl/α,β-unsaturated/α-hetero) is 1. The molecule has 0 fully saturated rings. The second-order valence-electron chi connectivity index (χ2n) is 6.05. The number of thiazole rings is 1. The standard InChI is InChI=1S/C20H20N2O4S/c1-13-9-17(14(2)22(13)20-21-7-8-27-20)18(23)12-26-19(24)11-15-5-4-6-16(10-15)25-3/h4-10H,11-12H2,1-3H3. The van der Waals surface area contributed by atoms with Crippen molar-refractivity contribution in [3.05, 3.63) is 64.4 Å². The van der Waals surface area contributed by atoms with Gasteiger partial charge in [-0.15, -0.1) is 11.3 Å². The van der Waals surface area contributed by atoms with Crippen LogP contribution in [0.1, 0.15) is 27.3 Å². The Hall–Kier alpha value is -2.93. The Morgan fingerprint density at radius 3 is 2.74 bits per heavy atom. The number of hydrogen-bond donors (Lipinski definition) is 0. The van der Waals surface area contributed by atoms with E-state index in [0.717, 1.165) is 22.1 Å². The molecular weight excluding hydrogens is 364 g/mol. The number of aromatic nitrogens is 2. The average Bonchev–Trinajstić information content (AvgIpc) is 3.27. The Bertz CT molecular complexity index is 961. The number of ketones is 1. The van der Waals surface area contributed by atoms with Gasteiger partial charge in [-0.2, -0.15) is 0 Å². The highest BCUT2D eigenvalue weighted by Crippen LogP contribution is 2.22. The van der Waals surface area contributed by atoms with Gasteiger partial charge in [0.15, 0.2) is 11.7 Å². The van der Waals surface area contributed by atoms with Gasteiger partial charge in [-0.3, -0.25) is 14.2 Å². The van der Waals surface area contributed by atoms with E-state index in [-0.39, 0.29) is 18.8 Å². The first-order chi connectivity index (χ1) is 13.0. The minimum atomic E-state index is -0.453. The summed E-state index contributed by atoms with van der Waals surface area (Å²) in [6.07, 6.45) is 1.81. The van der Waals surface area contributed by atoms with Crippen LogP contribution < -0.4 is 4.74 Å². The molecule has 0 N–H and O–H groups in total. The number of carbonyl (C=O) groups is 2. The number of rotatable bonds is 7. The molecule has 0 aliphatic rings. The summed E-state index contributed by atoms with van der Waals surface area (Å²) in [4.78, 5) is 28.9. The number of aryl methyl sites for hydroxylation is 1. The zero-order valence-corrected chi connectivity index (χ0v) is 16.2. The van der Waals surface area contributed by atoms with E-state index in [9.17, 15) is 9.59 Å². The summed E-state index contributed by atoms with van der Waals surface area (Å²) in [5.74, 6) is -0.0127. The van der Waals surface area contributed by atoms with Crippen molar-refractivity contribution in [2.45, 2.75) is 20.3 Å². The number of carbonyl (C=O) groups excluding carboxylic acids is 2. The highest BCUT2D eigenvalue weighted by atomic mass is 32.1. The number of ether oxygens (including phenoxy) is 2. The zero-order valence-electron chi connectivity index (χ0n) is 15.4. The molecule has 1 aromatic carbocycles. The molecule has 0 aliphatic carbocycles. The van der Waals surface area contributed by atoms with Crippen LogP contribution in [0.25, 0.3) is 5.13 Å². The van der Waals surface area contributed by atoms with Crippen LogP contribution in [0, 0.1) is 13.8 Å². The third-order valence-corrected chi connectivity index (χ3v) is 4.95. The summed E-state index contributed by atoms with van der Waals surface area (Å²) in [7, 11) is 1.57. The molecule has 0 amide bonds. The zero-order chi connectivity index (χ0) is 19.4. The van der Waals surface area contributed by atoms with Crippen molar-refractivity contribution in [2.75, 3.05) is 13.7 Å². The maximum atomic E-state index is 12.5. The van der Waals surface area contributed by atoms with Gasteiger partial charge in [0.25, 0.3) is 0 Å². The van der Waals surface area contributed by atoms with Crippen molar-refractivity contribution < 1.29 is 19.1 Å². The van der Waals surface area contributed by atoms with Crippen LogP contribution in [0.3, 0.4) is 0 Å². The summed E-state index contributed by atoms with van der Waals surface area (Å²) in [5, 5.41) is 2.69. The molecule has 0 unspecified atom stereocenters. The number of hydrogen-bond acceptors (Lipinski definition) is 6. The Morgan fingerprint density at radius 1 is 1.22 bits per heavy atom. The van der Waals surface area contributed by atoms with Crippen LogP contribution in [-0.4, -0.2) is 35.0 Å². The fraction of sp³-hybridized carbons (Fsp3) is 0.250. The number of nitrogens with zero attached hydrogens (tertiary/aromatic N) is 2. The van der Waals surface area contributed by atoms with Crippen LogP contribution in [-0.2, 0) is 16.0 Å². The van der Waals surface area contributed by atoms with E-state index in [4.69, 9.17) is 9.47 Å². The lowest BCUT2D eigenvalue weighted by molar-refractivity contribution is -0.141. The van der Waals surface area contributed by atoms with Crippen LogP contribution in [0.2, 0.25) is 0 Å². The molecule has 140 valence electrons. The molecule has 0 atom stereocenters. The van der Waals surface area contributed by atoms with Crippen molar-refractivity contribution >= 4 is 23.1 Å². The van der Waals surface area contributed by atoms with E-state index in [1.54, 1.807) is 37.6 Å². The van der Waals surface area contributed by atoms with Crippen molar-refractivity contribution in [1.29, 1.82) is 0 Å². The molecule has 27 heavy (non-hydrogen) atoms. The fourth-order valence-corrected chi connectivity index (χ4v) is 3.64. The minimum Gasteiger partial charge on any atom is -0.497 e. The van der Waals surface area contributed by atoms with E-state index in [0.29, 0.717) is 11.3 Å². The van der Waals surface area contributed by atoms with E-state index >= 15 is 0 Å². The second kappa shape index (κ2) is 8.18. The molecule has 0 bridgehead atoms. The number of methoxy groups -OCH3 is 1. The van der Waals surface area contributed by atoms with Gasteiger partial charge in [0.05, 0.1) is 13.5 Å². The average molecular weight is 384 g/mol. The summed E-state index contributed by atoms with van der Waals surface area (Å²) in [5.41, 5.74) is 3.01. The first-order valence-electron chi connectivity index (χ1n) is 8.40. The lowest BCUT2D eigenvalue weighted by atomic mass is 10.1. The highest BCUT2D eigenvalue weighted by molar-refractivity contribution is 7.12. The minimum absolute atomic E-state index is 0.0859. The molecule has 2 heterocycles. The maximum absolute atomic E-state index is 12.5. The molecule has 3 rings (SSSR count). The molecule has 2 aromatic heterocycles. The van der Waals surface area contributed by atoms with Crippen molar-refractivity contribution in [1.82, 2.24) is 9.55 Å². The first-order valence-corrected chi connectivity index (χ1v) is 9.28. The summed E-state index contributed by atoms with van der Waals surface area (Å²) >= 11 is 1.50. The molecule has 0 aliphatic heterocycles. The quantitative estimate of drug-likeness (QED) is 0.460. The van der Waals surface area contributed by atoms with Crippen LogP contribution >= 0.6 is 11.3 Å². The Kier molecular flexibility index (Phi) is 5.71. The highest BCUT2D eigenvalue weighted by Gasteiger charge is 2.19. The summed E-state index contributed by atoms with van der Waals surface area (Å²) < 4.78 is 12.2. The number of benzene rings is 1. The topological polar surface area (TPSA) is 70.4 Å². The molecule has 0 saturated heterocycles. The van der Waals surface area contributed by atoms with Gasteiger partial charge in [-0.1, -0.05) is 12.1 Å². The van der Waals surface area contributed by atoms with Gasteiger partial charge < -0.3 is 9.47 Å². The predicted molar refractivity (Wildman–Crippen MR) is 103 cm³/mol. The molecule has 7 heteroatoms. The Morgan fingerprint density at radius 2 is 2.04 bits per heavy atom. The van der Waals surface area contributed by atoms with Gasteiger partial charge in [-0.05, 0) is 37.6 Å². The van der Waals surface area contributed by atoms with E-state index < -0.39 is 5.97 Å². The molecule has 0 saturated carbocycles. The van der Waals surface area contributed by atoms with Crippen LogP contribution in [0.4, 0.5) is 0 Å². The molecule has 0 spiro atoms. The van der Waals surface area contributed by atoms with Crippen molar-refractivity contribution in [3.8, 4) is 10.9 Å². The maximum Gasteiger partial charge on any atom is 0.310 e. The lowest BCUT2D eigenvalue weighted by Crippen LogP contribution is -2.16. The Labute approximate surface area is 161 Å². The van der Waals surface area contributed by atoms with E-state index in [1.807, 2.05) is 29.9 Å². The van der Waals surface area contributed by atoms with Gasteiger partial charge >= 0.3 is 5.97 Å². The third kappa shape index (κ3) is 4.25. The van der Waals surface area contributed by atoms with Crippen LogP contribution in [0.5, 0.6) is 5.75 Å². The fourth-order valence-electron chi connectivity index (χ4n) is 2.89. The van der Waals surface area contributed by atoms with Gasteiger partial charge in [0.2, 0.25) is 5.78 Å². The van der Waals surface area contributed by atoms with E-state index in [1.165, 1.54) is 11.3 Å². The summed E-state index contributed by atoms with van der Waals surface area (Å²) in [6, 6.07) is 8.99. The van der Waals surface area contributed by atoms with E-state index in [2.05, 4.69) is 4.98 Å². The third-order valence-electron chi connectivity index (χ3n) is 4.19. The Balaban J connectivity index is 1.64. The largest absolute Gasteiger partial charge is 0.497 e. The predicted octanol–water partition coefficient (Wildman–Crippen LogP) is 3.53.